The zero-order valence-electron chi connectivity index (χ0n) is 26.1. The van der Waals surface area contributed by atoms with Gasteiger partial charge in [-0.2, -0.15) is 12.6 Å². The van der Waals surface area contributed by atoms with Crippen LogP contribution < -0.4 is 21.3 Å². The van der Waals surface area contributed by atoms with Gasteiger partial charge in [0.05, 0.1) is 5.70 Å². The molecule has 5 heterocycles. The molecule has 0 saturated carbocycles. The molecule has 11 nitrogen and oxygen atoms in total. The maximum atomic E-state index is 12.6. The normalized spacial score (nSPS) is 29.7. The fourth-order valence-electron chi connectivity index (χ4n) is 7.12. The number of carbonyl (C=O) groups excluding carboxylic acids is 1. The van der Waals surface area contributed by atoms with Crippen LogP contribution in [0.3, 0.4) is 0 Å². The first-order valence-corrected chi connectivity index (χ1v) is 16.1. The summed E-state index contributed by atoms with van der Waals surface area (Å²) in [5.41, 5.74) is 7.79. The van der Waals surface area contributed by atoms with Crippen molar-refractivity contribution in [2.24, 2.45) is 17.8 Å². The Balaban J connectivity index is 1.53. The molecule has 8 N–H and O–H groups in total. The average Bonchev–Trinajstić information content (AvgIpc) is 3.27. The van der Waals surface area contributed by atoms with Crippen LogP contribution in [0.15, 0.2) is 52.3 Å². The molecular weight excluding hydrogens is 594 g/mol. The van der Waals surface area contributed by atoms with Crippen LogP contribution >= 0.6 is 12.6 Å². The number of hydrogen-bond acceptors (Lipinski definition) is 8. The molecule has 4 aliphatic rings. The summed E-state index contributed by atoms with van der Waals surface area (Å²) in [6.07, 6.45) is 5.42. The van der Waals surface area contributed by atoms with Gasteiger partial charge in [-0.15, -0.1) is 0 Å². The van der Waals surface area contributed by atoms with Crippen molar-refractivity contribution in [1.29, 1.82) is 0 Å². The molecule has 0 aliphatic carbocycles. The number of aliphatic hydroxyl groups is 1. The van der Waals surface area contributed by atoms with Gasteiger partial charge in [0.15, 0.2) is 11.5 Å². The number of rotatable bonds is 12. The molecule has 4 aliphatic heterocycles. The van der Waals surface area contributed by atoms with E-state index in [-0.39, 0.29) is 48.4 Å². The van der Waals surface area contributed by atoms with Gasteiger partial charge in [-0.3, -0.25) is 14.4 Å². The lowest BCUT2D eigenvalue weighted by Gasteiger charge is -2.17. The number of amides is 1. The largest absolute Gasteiger partial charge is 0.495 e. The quantitative estimate of drug-likeness (QED) is 0.121. The van der Waals surface area contributed by atoms with E-state index in [2.05, 4.69) is 45.5 Å². The van der Waals surface area contributed by atoms with E-state index in [0.717, 1.165) is 62.7 Å². The second kappa shape index (κ2) is 12.4. The van der Waals surface area contributed by atoms with Gasteiger partial charge in [-0.1, -0.05) is 26.5 Å². The highest BCUT2D eigenvalue weighted by Gasteiger charge is 2.59. The minimum Gasteiger partial charge on any atom is -0.495 e. The average molecular weight is 638 g/mol. The van der Waals surface area contributed by atoms with Crippen molar-refractivity contribution >= 4 is 36.6 Å². The lowest BCUT2D eigenvalue weighted by molar-refractivity contribution is -0.138. The van der Waals surface area contributed by atoms with E-state index in [4.69, 9.17) is 0 Å². The molecule has 45 heavy (non-hydrogen) atoms. The summed E-state index contributed by atoms with van der Waals surface area (Å²) in [6.45, 7) is 11.7. The van der Waals surface area contributed by atoms with E-state index in [1.54, 1.807) is 6.08 Å². The summed E-state index contributed by atoms with van der Waals surface area (Å²) in [7, 11) is 0. The van der Waals surface area contributed by atoms with Crippen molar-refractivity contribution in [2.45, 2.75) is 77.9 Å². The van der Waals surface area contributed by atoms with Gasteiger partial charge in [0, 0.05) is 71.4 Å². The number of thiol groups is 1. The molecule has 0 aromatic carbocycles. The number of carboxylic acid groups (broad SMARTS) is 2. The highest BCUT2D eigenvalue weighted by atomic mass is 32.1. The maximum Gasteiger partial charge on any atom is 0.303 e. The summed E-state index contributed by atoms with van der Waals surface area (Å²) in [5.74, 6) is -1.23. The first-order valence-electron chi connectivity index (χ1n) is 15.4. The van der Waals surface area contributed by atoms with Crippen LogP contribution in [0.5, 0.6) is 0 Å². The van der Waals surface area contributed by atoms with Crippen molar-refractivity contribution in [1.82, 2.24) is 26.3 Å². The molecule has 0 radical (unpaired) electrons. The van der Waals surface area contributed by atoms with Crippen molar-refractivity contribution in [2.75, 3.05) is 5.75 Å². The zero-order chi connectivity index (χ0) is 32.8. The third-order valence-corrected chi connectivity index (χ3v) is 10.2. The molecule has 1 amide bonds. The Morgan fingerprint density at radius 1 is 1.07 bits per heavy atom. The molecule has 242 valence electrons. The van der Waals surface area contributed by atoms with Gasteiger partial charge in [0.25, 0.3) is 0 Å². The van der Waals surface area contributed by atoms with Gasteiger partial charge in [-0.05, 0) is 67.2 Å². The lowest BCUT2D eigenvalue weighted by atomic mass is 9.91. The summed E-state index contributed by atoms with van der Waals surface area (Å²) in [5, 5.41) is 42.7. The van der Waals surface area contributed by atoms with E-state index in [9.17, 15) is 29.7 Å². The molecule has 2 fully saturated rings. The Labute approximate surface area is 268 Å². The van der Waals surface area contributed by atoms with E-state index in [1.165, 1.54) is 0 Å². The summed E-state index contributed by atoms with van der Waals surface area (Å²) < 4.78 is 0. The van der Waals surface area contributed by atoms with E-state index in [0.29, 0.717) is 25.0 Å². The van der Waals surface area contributed by atoms with Crippen LogP contribution in [0.4, 0.5) is 0 Å². The van der Waals surface area contributed by atoms with E-state index in [1.807, 2.05) is 33.8 Å². The number of nitrogens with one attached hydrogen (secondary N) is 5. The fourth-order valence-corrected chi connectivity index (χ4v) is 7.40. The Hall–Kier alpha value is -4.06. The van der Waals surface area contributed by atoms with Crippen LogP contribution in [0.1, 0.15) is 69.0 Å². The molecule has 1 aromatic rings. The van der Waals surface area contributed by atoms with E-state index >= 15 is 0 Å². The number of carboxylic acids is 2. The second-order valence-electron chi connectivity index (χ2n) is 12.5. The molecule has 1 unspecified atom stereocenters. The summed E-state index contributed by atoms with van der Waals surface area (Å²) >= 11 is 4.41. The topological polar surface area (TPSA) is 186 Å². The van der Waals surface area contributed by atoms with Crippen molar-refractivity contribution < 1.29 is 29.7 Å². The molecule has 5 rings (SSSR count). The minimum absolute atomic E-state index is 0.000306. The number of H-pyrrole nitrogens is 1. The van der Waals surface area contributed by atoms with Gasteiger partial charge in [0.2, 0.25) is 5.91 Å². The second-order valence-corrected chi connectivity index (χ2v) is 13.0. The maximum absolute atomic E-state index is 12.6. The molecular formula is C33H43N5O6S. The monoisotopic (exact) mass is 637 g/mol. The number of hydrogen-bond donors (Lipinski definition) is 9. The minimum atomic E-state index is -0.905. The van der Waals surface area contributed by atoms with Crippen LogP contribution in [0, 0.1) is 24.7 Å². The Kier molecular flexibility index (Phi) is 8.90. The number of allylic oxidation sites excluding steroid dienone is 3. The van der Waals surface area contributed by atoms with Crippen molar-refractivity contribution in [3.8, 4) is 0 Å². The smallest absolute Gasteiger partial charge is 0.303 e. The Morgan fingerprint density at radius 3 is 2.38 bits per heavy atom. The van der Waals surface area contributed by atoms with Crippen LogP contribution in [-0.2, 0) is 27.2 Å². The van der Waals surface area contributed by atoms with Crippen molar-refractivity contribution in [3.63, 3.8) is 0 Å². The number of carbonyl (C=O) groups is 3. The molecule has 12 heteroatoms. The summed E-state index contributed by atoms with van der Waals surface area (Å²) in [6, 6.07) is -0.0802. The predicted molar refractivity (Wildman–Crippen MR) is 174 cm³/mol. The molecule has 5 atom stereocenters. The Bertz CT molecular complexity index is 1590. The van der Waals surface area contributed by atoms with Crippen LogP contribution in [0.2, 0.25) is 0 Å². The molecule has 2 saturated heterocycles. The van der Waals surface area contributed by atoms with Gasteiger partial charge >= 0.3 is 11.9 Å². The SMILES string of the molecule is C=CC1=C(O)N[C@H](Cc2[nH]c(/C=C3\N[C@]4(NC4=C4NC(=O)[C@H](C)[C@H]4CCS)C(C)=C3CCC(=O)O)c(CCC(=O)O)c2C)C1C. The fraction of sp³-hybridized carbons (Fsp3) is 0.485. The van der Waals surface area contributed by atoms with Gasteiger partial charge in [0.1, 0.15) is 0 Å². The number of aromatic amines is 1. The van der Waals surface area contributed by atoms with Crippen molar-refractivity contribution in [3.05, 3.63) is 74.9 Å². The summed E-state index contributed by atoms with van der Waals surface area (Å²) in [4.78, 5) is 39.4. The van der Waals surface area contributed by atoms with Gasteiger partial charge < -0.3 is 41.6 Å². The zero-order valence-corrected chi connectivity index (χ0v) is 27.0. The predicted octanol–water partition coefficient (Wildman–Crippen LogP) is 3.78. The van der Waals surface area contributed by atoms with Crippen LogP contribution in [-0.4, -0.2) is 55.6 Å². The lowest BCUT2D eigenvalue weighted by Crippen LogP contribution is -2.30. The molecule has 0 bridgehead atoms. The molecule has 1 aromatic heterocycles. The molecule has 1 spiro atoms. The van der Waals surface area contributed by atoms with E-state index < -0.39 is 17.6 Å². The number of aromatic nitrogens is 1. The van der Waals surface area contributed by atoms with Crippen LogP contribution in [0.25, 0.3) is 6.08 Å². The highest BCUT2D eigenvalue weighted by Crippen LogP contribution is 2.49. The third-order valence-electron chi connectivity index (χ3n) is 9.96. The highest BCUT2D eigenvalue weighted by molar-refractivity contribution is 7.80. The number of aliphatic hydroxyl groups excluding tert-OH is 1. The van der Waals surface area contributed by atoms with Gasteiger partial charge in [-0.25, -0.2) is 0 Å². The first kappa shape index (κ1) is 32.3. The third kappa shape index (κ3) is 5.87. The number of aliphatic carboxylic acids is 2. The standard InChI is InChI=1S/C33H43N5O6S/c1-6-19-15(2)24(35-32(19)44)13-23-16(3)20(7-9-27(39)40)25(34-23)14-26-22(8-10-28(41)42)18(5)33(37-26)30(38-33)29-21(11-12-45)17(4)31(43)36-29/h6,14-15,17,21,24,34-35,37-38,44-45H,1,7-13H2,2-5H3,(H,36,43)(H,39,40)(H,41,42)/b26-14-,30-29?/t15?,17-,21-,24-,33+/m1/s1. The first-order chi connectivity index (χ1) is 21.3. The Morgan fingerprint density at radius 2 is 1.76 bits per heavy atom.